The van der Waals surface area contributed by atoms with E-state index in [1.54, 1.807) is 6.20 Å². The Labute approximate surface area is 184 Å². The zero-order valence-corrected chi connectivity index (χ0v) is 17.7. The molecular weight excluding hydrogens is 414 g/mol. The van der Waals surface area contributed by atoms with Crippen LogP contribution < -0.4 is 15.2 Å². The number of aromatic nitrogens is 1. The van der Waals surface area contributed by atoms with Gasteiger partial charge in [-0.1, -0.05) is 12.1 Å². The van der Waals surface area contributed by atoms with Gasteiger partial charge in [-0.25, -0.2) is 8.78 Å². The average Bonchev–Trinajstić information content (AvgIpc) is 3.13. The first-order valence-electron chi connectivity index (χ1n) is 10.4. The smallest absolute Gasteiger partial charge is 0.165 e. The molecule has 4 aromatic rings. The van der Waals surface area contributed by atoms with E-state index in [0.717, 1.165) is 53.2 Å². The number of halogens is 2. The van der Waals surface area contributed by atoms with E-state index in [2.05, 4.69) is 4.98 Å². The molecule has 0 saturated carbocycles. The van der Waals surface area contributed by atoms with Gasteiger partial charge in [-0.2, -0.15) is 0 Å². The first-order chi connectivity index (χ1) is 15.6. The highest BCUT2D eigenvalue weighted by atomic mass is 19.1. The highest BCUT2D eigenvalue weighted by Crippen LogP contribution is 2.34. The van der Waals surface area contributed by atoms with Gasteiger partial charge in [0.25, 0.3) is 0 Å². The van der Waals surface area contributed by atoms with E-state index >= 15 is 0 Å². The zero-order valence-electron chi connectivity index (χ0n) is 17.7. The van der Waals surface area contributed by atoms with Gasteiger partial charge < -0.3 is 19.6 Å². The molecule has 32 heavy (non-hydrogen) atoms. The Morgan fingerprint density at radius 3 is 2.75 bits per heavy atom. The lowest BCUT2D eigenvalue weighted by Gasteiger charge is -2.09. The normalized spacial score (nSPS) is 11.1. The molecule has 2 N–H and O–H groups in total. The summed E-state index contributed by atoms with van der Waals surface area (Å²) < 4.78 is 44.6. The number of fused-ring (bicyclic) bond motifs is 1. The highest BCUT2D eigenvalue weighted by molar-refractivity contribution is 5.88. The van der Waals surface area contributed by atoms with Gasteiger partial charge in [0.1, 0.15) is 29.5 Å². The number of nitrogens with zero attached hydrogens (tertiary/aromatic N) is 1. The molecule has 0 spiro atoms. The first-order valence-corrected chi connectivity index (χ1v) is 10.4. The second-order valence-corrected chi connectivity index (χ2v) is 7.41. The Morgan fingerprint density at radius 1 is 1.03 bits per heavy atom. The molecule has 4 rings (SSSR count). The minimum atomic E-state index is -0.630. The number of hydrogen-bond donors (Lipinski definition) is 1. The van der Waals surface area contributed by atoms with E-state index in [-0.39, 0.29) is 12.4 Å². The van der Waals surface area contributed by atoms with E-state index in [0.29, 0.717) is 30.2 Å². The number of aryl methyl sites for hydroxylation is 2. The lowest BCUT2D eigenvalue weighted by atomic mass is 10.1. The van der Waals surface area contributed by atoms with Crippen LogP contribution in [0.5, 0.6) is 11.5 Å². The van der Waals surface area contributed by atoms with E-state index < -0.39 is 11.6 Å². The second-order valence-electron chi connectivity index (χ2n) is 7.41. The van der Waals surface area contributed by atoms with Crippen LogP contribution in [0.1, 0.15) is 29.0 Å². The number of benzene rings is 2. The summed E-state index contributed by atoms with van der Waals surface area (Å²) in [7, 11) is 0. The van der Waals surface area contributed by atoms with Gasteiger partial charge in [0.2, 0.25) is 0 Å². The summed E-state index contributed by atoms with van der Waals surface area (Å²) in [4.78, 5) is 4.40. The lowest BCUT2D eigenvalue weighted by molar-refractivity contribution is 0.260. The highest BCUT2D eigenvalue weighted by Gasteiger charge is 2.16. The Bertz CT molecular complexity index is 1220. The van der Waals surface area contributed by atoms with Crippen molar-refractivity contribution < 1.29 is 22.7 Å². The van der Waals surface area contributed by atoms with Gasteiger partial charge in [0.15, 0.2) is 11.6 Å². The summed E-state index contributed by atoms with van der Waals surface area (Å²) >= 11 is 0. The monoisotopic (exact) mass is 438 g/mol. The minimum absolute atomic E-state index is 0.0259. The van der Waals surface area contributed by atoms with Crippen molar-refractivity contribution in [3.8, 4) is 11.5 Å². The summed E-state index contributed by atoms with van der Waals surface area (Å²) in [6.07, 6.45) is 3.32. The van der Waals surface area contributed by atoms with Gasteiger partial charge in [0.05, 0.1) is 12.0 Å². The first kappa shape index (κ1) is 21.8. The molecule has 0 amide bonds. The van der Waals surface area contributed by atoms with Crippen LogP contribution in [0.25, 0.3) is 11.0 Å². The second kappa shape index (κ2) is 9.78. The van der Waals surface area contributed by atoms with Crippen molar-refractivity contribution in [2.24, 2.45) is 5.73 Å². The fourth-order valence-corrected chi connectivity index (χ4v) is 3.61. The fourth-order valence-electron chi connectivity index (χ4n) is 3.61. The van der Waals surface area contributed by atoms with Crippen molar-refractivity contribution in [2.75, 3.05) is 6.61 Å². The number of ether oxygens (including phenoxy) is 2. The molecule has 5 nitrogen and oxygen atoms in total. The van der Waals surface area contributed by atoms with Crippen LogP contribution in [-0.4, -0.2) is 11.6 Å². The molecular formula is C25H24F2N2O3. The van der Waals surface area contributed by atoms with Gasteiger partial charge >= 0.3 is 0 Å². The third-order valence-corrected chi connectivity index (χ3v) is 5.29. The van der Waals surface area contributed by atoms with Gasteiger partial charge in [-0.15, -0.1) is 0 Å². The molecule has 0 fully saturated rings. The Kier molecular flexibility index (Phi) is 6.66. The van der Waals surface area contributed by atoms with Crippen LogP contribution in [0.4, 0.5) is 8.78 Å². The standard InChI is InChI=1S/C25H24F2N2O3/c1-16-24(15-31-23-13-18(26)9-10-19(23)27)32-22-8-2-7-21(25(16)22)30-12-4-6-20-17(14-28)5-3-11-29-20/h2-3,5,7-11,13H,4,6,12,14-15,28H2,1H3. The largest absolute Gasteiger partial charge is 0.493 e. The molecule has 0 aliphatic carbocycles. The predicted molar refractivity (Wildman–Crippen MR) is 118 cm³/mol. The summed E-state index contributed by atoms with van der Waals surface area (Å²) in [5.41, 5.74) is 9.28. The molecule has 0 atom stereocenters. The maximum absolute atomic E-state index is 13.8. The Balaban J connectivity index is 1.44. The van der Waals surface area contributed by atoms with E-state index in [1.165, 1.54) is 0 Å². The van der Waals surface area contributed by atoms with Crippen LogP contribution in [0.2, 0.25) is 0 Å². The topological polar surface area (TPSA) is 70.5 Å². The Hall–Kier alpha value is -3.45. The molecule has 2 heterocycles. The summed E-state index contributed by atoms with van der Waals surface area (Å²) in [5, 5.41) is 0.839. The number of furan rings is 1. The Morgan fingerprint density at radius 2 is 1.91 bits per heavy atom. The molecule has 166 valence electrons. The number of nitrogens with two attached hydrogens (primary N) is 1. The van der Waals surface area contributed by atoms with Gasteiger partial charge in [0, 0.05) is 30.1 Å². The molecule has 0 aliphatic heterocycles. The third kappa shape index (κ3) is 4.73. The van der Waals surface area contributed by atoms with Crippen molar-refractivity contribution >= 4 is 11.0 Å². The van der Waals surface area contributed by atoms with Crippen molar-refractivity contribution in [3.05, 3.63) is 88.9 Å². The third-order valence-electron chi connectivity index (χ3n) is 5.29. The SMILES string of the molecule is Cc1c(COc2cc(F)ccc2F)oc2cccc(OCCCc3ncccc3CN)c12. The molecule has 0 saturated heterocycles. The van der Waals surface area contributed by atoms with Crippen LogP contribution in [0.15, 0.2) is 59.1 Å². The molecule has 7 heteroatoms. The van der Waals surface area contributed by atoms with E-state index in [1.807, 2.05) is 37.3 Å². The number of pyridine rings is 1. The number of hydrogen-bond acceptors (Lipinski definition) is 5. The maximum atomic E-state index is 13.8. The summed E-state index contributed by atoms with van der Waals surface area (Å²) in [6.45, 7) is 2.83. The van der Waals surface area contributed by atoms with Crippen molar-refractivity contribution in [2.45, 2.75) is 32.9 Å². The summed E-state index contributed by atoms with van der Waals surface area (Å²) in [6, 6.07) is 12.5. The molecule has 0 radical (unpaired) electrons. The predicted octanol–water partition coefficient (Wildman–Crippen LogP) is 5.46. The van der Waals surface area contributed by atoms with Crippen LogP contribution >= 0.6 is 0 Å². The van der Waals surface area contributed by atoms with Crippen molar-refractivity contribution in [1.82, 2.24) is 4.98 Å². The van der Waals surface area contributed by atoms with Crippen LogP contribution in [-0.2, 0) is 19.6 Å². The molecule has 0 unspecified atom stereocenters. The molecule has 0 aliphatic rings. The molecule has 2 aromatic carbocycles. The van der Waals surface area contributed by atoms with Crippen LogP contribution in [0.3, 0.4) is 0 Å². The van der Waals surface area contributed by atoms with Crippen LogP contribution in [0, 0.1) is 18.6 Å². The fraction of sp³-hybridized carbons (Fsp3) is 0.240. The van der Waals surface area contributed by atoms with Crippen molar-refractivity contribution in [1.29, 1.82) is 0 Å². The lowest BCUT2D eigenvalue weighted by Crippen LogP contribution is -2.06. The zero-order chi connectivity index (χ0) is 22.5. The summed E-state index contributed by atoms with van der Waals surface area (Å²) in [5.74, 6) is -0.127. The maximum Gasteiger partial charge on any atom is 0.165 e. The average molecular weight is 438 g/mol. The van der Waals surface area contributed by atoms with Gasteiger partial charge in [-0.05, 0) is 55.7 Å². The van der Waals surface area contributed by atoms with E-state index in [4.69, 9.17) is 19.6 Å². The van der Waals surface area contributed by atoms with Gasteiger partial charge in [-0.3, -0.25) is 4.98 Å². The molecule has 0 bridgehead atoms. The van der Waals surface area contributed by atoms with E-state index in [9.17, 15) is 8.78 Å². The van der Waals surface area contributed by atoms with Crippen molar-refractivity contribution in [3.63, 3.8) is 0 Å². The molecule has 2 aromatic heterocycles. The minimum Gasteiger partial charge on any atom is -0.493 e. The quantitative estimate of drug-likeness (QED) is 0.351. The number of rotatable bonds is 9.